The van der Waals surface area contributed by atoms with Crippen molar-refractivity contribution in [3.05, 3.63) is 40.7 Å². The Morgan fingerprint density at radius 3 is 2.61 bits per heavy atom. The topological polar surface area (TPSA) is 63.2 Å². The Labute approximate surface area is 175 Å². The molecule has 2 aromatic rings. The lowest BCUT2D eigenvalue weighted by Gasteiger charge is -2.36. The van der Waals surface area contributed by atoms with E-state index in [9.17, 15) is 9.18 Å². The van der Waals surface area contributed by atoms with Gasteiger partial charge in [-0.1, -0.05) is 0 Å². The fourth-order valence-corrected chi connectivity index (χ4v) is 4.63. The Morgan fingerprint density at radius 2 is 2.00 bits per heavy atom. The van der Waals surface area contributed by atoms with Gasteiger partial charge in [0.2, 0.25) is 5.91 Å². The number of piperidine rings is 1. The number of halogens is 2. The minimum absolute atomic E-state index is 0. The molecule has 0 bridgehead atoms. The van der Waals surface area contributed by atoms with Crippen molar-refractivity contribution in [3.8, 4) is 10.6 Å². The second kappa shape index (κ2) is 9.78. The van der Waals surface area contributed by atoms with E-state index in [1.807, 2.05) is 13.8 Å². The third-order valence-electron chi connectivity index (χ3n) is 5.13. The van der Waals surface area contributed by atoms with Crippen molar-refractivity contribution in [2.24, 2.45) is 5.41 Å². The molecule has 0 aliphatic carbocycles. The van der Waals surface area contributed by atoms with Gasteiger partial charge in [0, 0.05) is 12.7 Å². The van der Waals surface area contributed by atoms with Crippen LogP contribution in [0.3, 0.4) is 0 Å². The number of methoxy groups -OCH3 is 1. The van der Waals surface area contributed by atoms with Crippen LogP contribution in [0.25, 0.3) is 10.6 Å². The number of aryl methyl sites for hydroxylation is 1. The average molecular weight is 428 g/mol. The molecule has 0 spiro atoms. The van der Waals surface area contributed by atoms with Crippen molar-refractivity contribution >= 4 is 29.7 Å². The van der Waals surface area contributed by atoms with E-state index in [-0.39, 0.29) is 30.2 Å². The summed E-state index contributed by atoms with van der Waals surface area (Å²) < 4.78 is 18.5. The summed E-state index contributed by atoms with van der Waals surface area (Å²) in [6.07, 6.45) is 1.53. The van der Waals surface area contributed by atoms with Crippen LogP contribution >= 0.6 is 23.7 Å². The van der Waals surface area contributed by atoms with Gasteiger partial charge in [-0.3, -0.25) is 4.79 Å². The number of ether oxygens (including phenoxy) is 1. The second-order valence-corrected chi connectivity index (χ2v) is 8.16. The number of amides is 1. The third kappa shape index (κ3) is 4.89. The highest BCUT2D eigenvalue weighted by atomic mass is 35.5. The maximum atomic E-state index is 13.2. The third-order valence-corrected chi connectivity index (χ3v) is 6.52. The van der Waals surface area contributed by atoms with Gasteiger partial charge in [0.1, 0.15) is 10.8 Å². The van der Waals surface area contributed by atoms with E-state index in [1.165, 1.54) is 23.5 Å². The zero-order valence-electron chi connectivity index (χ0n) is 16.4. The van der Waals surface area contributed by atoms with Crippen LogP contribution < -0.4 is 10.6 Å². The fraction of sp³-hybridized carbons (Fsp3) is 0.500. The van der Waals surface area contributed by atoms with Gasteiger partial charge in [0.25, 0.3) is 0 Å². The first-order valence-electron chi connectivity index (χ1n) is 9.19. The molecule has 28 heavy (non-hydrogen) atoms. The van der Waals surface area contributed by atoms with Crippen molar-refractivity contribution in [2.45, 2.75) is 32.7 Å². The summed E-state index contributed by atoms with van der Waals surface area (Å²) in [4.78, 5) is 18.7. The summed E-state index contributed by atoms with van der Waals surface area (Å²) in [7, 11) is 1.64. The molecule has 1 atom stereocenters. The SMILES string of the molecule is COCC1(C(=O)NC(C)c2sc(-c3ccc(F)cc3)nc2C)CCNCC1.Cl. The minimum Gasteiger partial charge on any atom is -0.384 e. The first kappa shape index (κ1) is 22.7. The highest BCUT2D eigenvalue weighted by Crippen LogP contribution is 2.34. The molecule has 1 fully saturated rings. The highest BCUT2D eigenvalue weighted by Gasteiger charge is 2.40. The Morgan fingerprint density at radius 1 is 1.36 bits per heavy atom. The monoisotopic (exact) mass is 427 g/mol. The van der Waals surface area contributed by atoms with E-state index in [2.05, 4.69) is 15.6 Å². The Kier molecular flexibility index (Phi) is 7.95. The van der Waals surface area contributed by atoms with E-state index in [1.54, 1.807) is 19.2 Å². The summed E-state index contributed by atoms with van der Waals surface area (Å²) >= 11 is 1.54. The second-order valence-electron chi connectivity index (χ2n) is 7.13. The quantitative estimate of drug-likeness (QED) is 0.734. The predicted octanol–water partition coefficient (Wildman–Crippen LogP) is 3.87. The largest absolute Gasteiger partial charge is 0.384 e. The van der Waals surface area contributed by atoms with Crippen LogP contribution in [0, 0.1) is 18.2 Å². The van der Waals surface area contributed by atoms with Crippen molar-refractivity contribution < 1.29 is 13.9 Å². The molecule has 2 N–H and O–H groups in total. The van der Waals surface area contributed by atoms with Crippen molar-refractivity contribution in [3.63, 3.8) is 0 Å². The lowest BCUT2D eigenvalue weighted by atomic mass is 9.78. The van der Waals surface area contributed by atoms with E-state index in [4.69, 9.17) is 4.74 Å². The van der Waals surface area contributed by atoms with Crippen LogP contribution in [0.1, 0.15) is 36.4 Å². The first-order valence-corrected chi connectivity index (χ1v) is 10.0. The van der Waals surface area contributed by atoms with Crippen LogP contribution in [0.4, 0.5) is 4.39 Å². The van der Waals surface area contributed by atoms with Gasteiger partial charge in [-0.2, -0.15) is 0 Å². The van der Waals surface area contributed by atoms with E-state index in [0.29, 0.717) is 6.61 Å². The Balaban J connectivity index is 0.00000280. The van der Waals surface area contributed by atoms with Crippen LogP contribution in [0.2, 0.25) is 0 Å². The number of benzene rings is 1. The number of thiazole rings is 1. The summed E-state index contributed by atoms with van der Waals surface area (Å²) in [6.45, 7) is 5.99. The summed E-state index contributed by atoms with van der Waals surface area (Å²) in [5.41, 5.74) is 1.29. The zero-order chi connectivity index (χ0) is 19.4. The van der Waals surface area contributed by atoms with Gasteiger partial charge in [-0.15, -0.1) is 23.7 Å². The fourth-order valence-electron chi connectivity index (χ4n) is 3.56. The number of hydrogen-bond acceptors (Lipinski definition) is 5. The number of nitrogens with one attached hydrogen (secondary N) is 2. The molecule has 1 amide bonds. The Hall–Kier alpha value is -1.54. The maximum absolute atomic E-state index is 13.2. The predicted molar refractivity (Wildman–Crippen MR) is 112 cm³/mol. The van der Waals surface area contributed by atoms with Crippen LogP contribution in [-0.4, -0.2) is 37.7 Å². The molecule has 2 heterocycles. The summed E-state index contributed by atoms with van der Waals surface area (Å²) in [5, 5.41) is 7.30. The molecule has 3 rings (SSSR count). The van der Waals surface area contributed by atoms with Crippen molar-refractivity contribution in [1.29, 1.82) is 0 Å². The minimum atomic E-state index is -0.480. The molecule has 0 radical (unpaired) electrons. The van der Waals surface area contributed by atoms with Crippen molar-refractivity contribution in [1.82, 2.24) is 15.6 Å². The van der Waals surface area contributed by atoms with Crippen LogP contribution in [-0.2, 0) is 9.53 Å². The maximum Gasteiger partial charge on any atom is 0.229 e. The standard InChI is InChI=1S/C20H26FN3O2S.ClH/c1-13-17(27-18(23-13)15-4-6-16(21)7-5-15)14(2)24-19(25)20(12-26-3)8-10-22-11-9-20;/h4-7,14,22H,8-12H2,1-3H3,(H,24,25);1H. The summed E-state index contributed by atoms with van der Waals surface area (Å²) in [6, 6.07) is 6.17. The lowest BCUT2D eigenvalue weighted by molar-refractivity contribution is -0.136. The number of hydrogen-bond donors (Lipinski definition) is 2. The van der Waals surface area contributed by atoms with E-state index >= 15 is 0 Å². The normalized spacial score (nSPS) is 16.9. The molecule has 0 saturated carbocycles. The number of carbonyl (C=O) groups is 1. The number of carbonyl (C=O) groups excluding carboxylic acids is 1. The van der Waals surface area contributed by atoms with Crippen LogP contribution in [0.15, 0.2) is 24.3 Å². The molecular formula is C20H27ClFN3O2S. The summed E-state index contributed by atoms with van der Waals surface area (Å²) in [5.74, 6) is -0.229. The molecule has 1 aromatic carbocycles. The highest BCUT2D eigenvalue weighted by molar-refractivity contribution is 7.15. The number of rotatable bonds is 6. The molecule has 5 nitrogen and oxygen atoms in total. The molecule has 8 heteroatoms. The van der Waals surface area contributed by atoms with Gasteiger partial charge in [-0.05, 0) is 64.0 Å². The lowest BCUT2D eigenvalue weighted by Crippen LogP contribution is -2.50. The molecule has 1 aliphatic rings. The van der Waals surface area contributed by atoms with E-state index < -0.39 is 5.41 Å². The molecule has 1 aliphatic heterocycles. The average Bonchev–Trinajstić information content (AvgIpc) is 3.05. The smallest absolute Gasteiger partial charge is 0.229 e. The van der Waals surface area contributed by atoms with E-state index in [0.717, 1.165) is 47.1 Å². The molecular weight excluding hydrogens is 401 g/mol. The molecule has 1 saturated heterocycles. The molecule has 1 unspecified atom stereocenters. The Bertz CT molecular complexity index is 786. The molecule has 154 valence electrons. The number of aromatic nitrogens is 1. The van der Waals surface area contributed by atoms with Gasteiger partial charge in [-0.25, -0.2) is 9.37 Å². The molecule has 1 aromatic heterocycles. The number of nitrogens with zero attached hydrogens (tertiary/aromatic N) is 1. The van der Waals surface area contributed by atoms with Crippen molar-refractivity contribution in [2.75, 3.05) is 26.8 Å². The van der Waals surface area contributed by atoms with Gasteiger partial charge < -0.3 is 15.4 Å². The van der Waals surface area contributed by atoms with Gasteiger partial charge in [0.15, 0.2) is 0 Å². The first-order chi connectivity index (χ1) is 12.9. The zero-order valence-corrected chi connectivity index (χ0v) is 18.0. The van der Waals surface area contributed by atoms with Gasteiger partial charge in [0.05, 0.1) is 28.6 Å². The van der Waals surface area contributed by atoms with Crippen LogP contribution in [0.5, 0.6) is 0 Å². The van der Waals surface area contributed by atoms with Gasteiger partial charge >= 0.3 is 0 Å².